The van der Waals surface area contributed by atoms with Gasteiger partial charge in [-0.15, -0.1) is 0 Å². The molecule has 0 bridgehead atoms. The van der Waals surface area contributed by atoms with Gasteiger partial charge in [-0.3, -0.25) is 0 Å². The van der Waals surface area contributed by atoms with Gasteiger partial charge in [0.1, 0.15) is 0 Å². The van der Waals surface area contributed by atoms with Crippen molar-refractivity contribution in [1.29, 1.82) is 0 Å². The summed E-state index contributed by atoms with van der Waals surface area (Å²) in [5, 5.41) is 3.26. The number of benzene rings is 1. The zero-order valence-corrected chi connectivity index (χ0v) is 12.3. The lowest BCUT2D eigenvalue weighted by Crippen LogP contribution is -2.57. The number of fused-ring (bicyclic) bond motifs is 1. The highest BCUT2D eigenvalue weighted by Crippen LogP contribution is 2.48. The molecule has 0 aromatic heterocycles. The first-order chi connectivity index (χ1) is 9.98. The van der Waals surface area contributed by atoms with Crippen LogP contribution in [-0.2, 0) is 6.18 Å². The molecular formula is C16H21F3N2. The maximum Gasteiger partial charge on any atom is 0.418 e. The lowest BCUT2D eigenvalue weighted by Gasteiger charge is -2.52. The van der Waals surface area contributed by atoms with Crippen LogP contribution in [0.2, 0.25) is 0 Å². The number of hydrogen-bond donors (Lipinski definition) is 1. The van der Waals surface area contributed by atoms with Crippen LogP contribution in [0.5, 0.6) is 0 Å². The molecule has 1 aliphatic heterocycles. The Kier molecular flexibility index (Phi) is 3.54. The molecule has 0 saturated heterocycles. The van der Waals surface area contributed by atoms with E-state index in [0.717, 1.165) is 32.2 Å². The number of nitrogens with zero attached hydrogens (tertiary/aromatic N) is 1. The molecule has 116 valence electrons. The number of likely N-dealkylation sites (N-methyl/N-ethyl adjacent to an activating group) is 1. The van der Waals surface area contributed by atoms with Crippen LogP contribution in [0.25, 0.3) is 0 Å². The summed E-state index contributed by atoms with van der Waals surface area (Å²) in [7, 11) is 0. The summed E-state index contributed by atoms with van der Waals surface area (Å²) >= 11 is 0. The van der Waals surface area contributed by atoms with Crippen LogP contribution in [0.1, 0.15) is 44.6 Å². The van der Waals surface area contributed by atoms with Crippen molar-refractivity contribution in [2.75, 3.05) is 23.3 Å². The molecule has 0 unspecified atom stereocenters. The van der Waals surface area contributed by atoms with Crippen molar-refractivity contribution in [1.82, 2.24) is 0 Å². The van der Waals surface area contributed by atoms with Gasteiger partial charge < -0.3 is 10.2 Å². The lowest BCUT2D eigenvalue weighted by molar-refractivity contribution is -0.137. The van der Waals surface area contributed by atoms with E-state index in [0.29, 0.717) is 17.9 Å². The van der Waals surface area contributed by atoms with E-state index in [1.54, 1.807) is 6.07 Å². The molecule has 1 aromatic carbocycles. The Balaban J connectivity index is 2.11. The van der Waals surface area contributed by atoms with Gasteiger partial charge >= 0.3 is 6.18 Å². The maximum atomic E-state index is 13.4. The van der Waals surface area contributed by atoms with Crippen LogP contribution in [0, 0.1) is 0 Å². The second-order valence-corrected chi connectivity index (χ2v) is 6.08. The van der Waals surface area contributed by atoms with Crippen molar-refractivity contribution in [3.8, 4) is 0 Å². The normalized spacial score (nSPS) is 21.0. The van der Waals surface area contributed by atoms with Crippen LogP contribution in [-0.4, -0.2) is 18.6 Å². The van der Waals surface area contributed by atoms with Gasteiger partial charge in [-0.05, 0) is 31.9 Å². The van der Waals surface area contributed by atoms with E-state index >= 15 is 0 Å². The molecule has 1 heterocycles. The molecule has 0 amide bonds. The molecular weight excluding hydrogens is 277 g/mol. The monoisotopic (exact) mass is 298 g/mol. The first kappa shape index (κ1) is 14.5. The Hall–Kier alpha value is -1.39. The molecule has 2 aliphatic rings. The van der Waals surface area contributed by atoms with E-state index in [2.05, 4.69) is 5.32 Å². The Bertz CT molecular complexity index is 519. The van der Waals surface area contributed by atoms with Crippen LogP contribution in [0.15, 0.2) is 18.2 Å². The Morgan fingerprint density at radius 1 is 1.19 bits per heavy atom. The van der Waals surface area contributed by atoms with E-state index in [9.17, 15) is 13.2 Å². The third-order valence-corrected chi connectivity index (χ3v) is 4.89. The van der Waals surface area contributed by atoms with E-state index in [1.807, 2.05) is 11.8 Å². The van der Waals surface area contributed by atoms with Crippen molar-refractivity contribution in [2.24, 2.45) is 0 Å². The molecule has 1 aliphatic carbocycles. The van der Waals surface area contributed by atoms with Crippen LogP contribution < -0.4 is 10.2 Å². The standard InChI is InChI=1S/C16H21F3N2/c1-2-21-14-12(16(17,18)19)7-6-8-13(14)20-11-15(21)9-4-3-5-10-15/h6-8,20H,2-5,9-11H2,1H3. The molecule has 0 atom stereocenters. The second kappa shape index (κ2) is 5.11. The predicted molar refractivity (Wildman–Crippen MR) is 78.8 cm³/mol. The van der Waals surface area contributed by atoms with Crippen molar-refractivity contribution in [3.05, 3.63) is 23.8 Å². The fraction of sp³-hybridized carbons (Fsp3) is 0.625. The van der Waals surface area contributed by atoms with Gasteiger partial charge in [-0.2, -0.15) is 13.2 Å². The summed E-state index contributed by atoms with van der Waals surface area (Å²) in [6.45, 7) is 3.32. The molecule has 2 nitrogen and oxygen atoms in total. The number of alkyl halides is 3. The molecule has 1 N–H and O–H groups in total. The van der Waals surface area contributed by atoms with E-state index in [4.69, 9.17) is 0 Å². The first-order valence-corrected chi connectivity index (χ1v) is 7.70. The molecule has 3 rings (SSSR count). The molecule has 21 heavy (non-hydrogen) atoms. The van der Waals surface area contributed by atoms with Crippen molar-refractivity contribution >= 4 is 11.4 Å². The fourth-order valence-electron chi connectivity index (χ4n) is 3.95. The minimum Gasteiger partial charge on any atom is -0.381 e. The number of para-hydroxylation sites is 1. The van der Waals surface area contributed by atoms with Crippen LogP contribution in [0.4, 0.5) is 24.5 Å². The highest BCUT2D eigenvalue weighted by Gasteiger charge is 2.45. The zero-order valence-electron chi connectivity index (χ0n) is 12.3. The largest absolute Gasteiger partial charge is 0.418 e. The zero-order chi connectivity index (χ0) is 15.1. The highest BCUT2D eigenvalue weighted by atomic mass is 19.4. The number of halogens is 3. The van der Waals surface area contributed by atoms with E-state index in [1.165, 1.54) is 18.6 Å². The third-order valence-electron chi connectivity index (χ3n) is 4.89. The predicted octanol–water partition coefficient (Wildman–Crippen LogP) is 4.66. The molecule has 1 spiro atoms. The van der Waals surface area contributed by atoms with Crippen molar-refractivity contribution in [3.63, 3.8) is 0 Å². The number of anilines is 2. The first-order valence-electron chi connectivity index (χ1n) is 7.70. The Labute approximate surface area is 123 Å². The highest BCUT2D eigenvalue weighted by molar-refractivity contribution is 5.78. The second-order valence-electron chi connectivity index (χ2n) is 6.08. The number of hydrogen-bond acceptors (Lipinski definition) is 2. The fourth-order valence-corrected chi connectivity index (χ4v) is 3.95. The van der Waals surface area contributed by atoms with Crippen molar-refractivity contribution in [2.45, 2.75) is 50.7 Å². The number of nitrogens with one attached hydrogen (secondary N) is 1. The van der Waals surface area contributed by atoms with Gasteiger partial charge in [-0.1, -0.05) is 25.3 Å². The molecule has 1 saturated carbocycles. The van der Waals surface area contributed by atoms with Gasteiger partial charge in [-0.25, -0.2) is 0 Å². The molecule has 1 fully saturated rings. The minimum atomic E-state index is -4.31. The van der Waals surface area contributed by atoms with Crippen LogP contribution >= 0.6 is 0 Å². The quantitative estimate of drug-likeness (QED) is 0.811. The summed E-state index contributed by atoms with van der Waals surface area (Å²) in [6, 6.07) is 4.44. The van der Waals surface area contributed by atoms with Crippen LogP contribution in [0.3, 0.4) is 0 Å². The summed E-state index contributed by atoms with van der Waals surface area (Å²) in [5.41, 5.74) is 0.295. The van der Waals surface area contributed by atoms with E-state index in [-0.39, 0.29) is 5.54 Å². The van der Waals surface area contributed by atoms with Gasteiger partial charge in [0, 0.05) is 13.1 Å². The SMILES string of the molecule is CCN1c2c(cccc2C(F)(F)F)NCC12CCCCC2. The smallest absolute Gasteiger partial charge is 0.381 e. The maximum absolute atomic E-state index is 13.4. The Morgan fingerprint density at radius 2 is 1.90 bits per heavy atom. The van der Waals surface area contributed by atoms with Crippen molar-refractivity contribution < 1.29 is 13.2 Å². The van der Waals surface area contributed by atoms with E-state index < -0.39 is 11.7 Å². The Morgan fingerprint density at radius 3 is 2.52 bits per heavy atom. The van der Waals surface area contributed by atoms with Gasteiger partial charge in [0.05, 0.1) is 22.5 Å². The van der Waals surface area contributed by atoms with Gasteiger partial charge in [0.2, 0.25) is 0 Å². The average Bonchev–Trinajstić information content (AvgIpc) is 2.46. The number of rotatable bonds is 1. The van der Waals surface area contributed by atoms with Gasteiger partial charge in [0.25, 0.3) is 0 Å². The third kappa shape index (κ3) is 2.36. The summed E-state index contributed by atoms with van der Waals surface area (Å²) in [5.74, 6) is 0. The average molecular weight is 298 g/mol. The minimum absolute atomic E-state index is 0.151. The van der Waals surface area contributed by atoms with Gasteiger partial charge in [0.15, 0.2) is 0 Å². The molecule has 1 aromatic rings. The summed E-state index contributed by atoms with van der Waals surface area (Å²) in [4.78, 5) is 2.01. The lowest BCUT2D eigenvalue weighted by atomic mass is 9.78. The topological polar surface area (TPSA) is 15.3 Å². The molecule has 0 radical (unpaired) electrons. The summed E-state index contributed by atoms with van der Waals surface area (Å²) < 4.78 is 40.2. The summed E-state index contributed by atoms with van der Waals surface area (Å²) in [6.07, 6.45) is 1.02. The molecule has 5 heteroatoms.